The first-order valence-corrected chi connectivity index (χ1v) is 6.58. The van der Waals surface area contributed by atoms with Crippen molar-refractivity contribution in [2.24, 2.45) is 5.41 Å². The molecule has 0 radical (unpaired) electrons. The van der Waals surface area contributed by atoms with Crippen molar-refractivity contribution in [1.82, 2.24) is 10.6 Å². The third kappa shape index (κ3) is 2.75. The molecule has 1 aromatic rings. The minimum atomic E-state index is -0.122. The van der Waals surface area contributed by atoms with Gasteiger partial charge in [0.1, 0.15) is 5.76 Å². The number of rotatable bonds is 3. The SMILES string of the molecule is CC(NC(=O)C1NCCCC1(C)C)c1ccco1. The Bertz CT molecular complexity index is 398. The van der Waals surface area contributed by atoms with Gasteiger partial charge in [-0.15, -0.1) is 0 Å². The number of carbonyl (C=O) groups excluding carboxylic acids is 1. The molecule has 1 aliphatic rings. The Balaban J connectivity index is 1.99. The molecule has 2 atom stereocenters. The second-order valence-electron chi connectivity index (χ2n) is 5.72. The van der Waals surface area contributed by atoms with Gasteiger partial charge < -0.3 is 15.1 Å². The lowest BCUT2D eigenvalue weighted by molar-refractivity contribution is -0.127. The molecule has 1 aromatic heterocycles. The molecule has 1 fully saturated rings. The smallest absolute Gasteiger partial charge is 0.238 e. The van der Waals surface area contributed by atoms with Crippen molar-refractivity contribution >= 4 is 5.91 Å². The third-order valence-corrected chi connectivity index (χ3v) is 3.72. The second-order valence-corrected chi connectivity index (χ2v) is 5.72. The van der Waals surface area contributed by atoms with E-state index < -0.39 is 0 Å². The van der Waals surface area contributed by atoms with E-state index in [4.69, 9.17) is 4.42 Å². The van der Waals surface area contributed by atoms with E-state index in [1.807, 2.05) is 19.1 Å². The van der Waals surface area contributed by atoms with Crippen LogP contribution in [-0.2, 0) is 4.79 Å². The van der Waals surface area contributed by atoms with Crippen LogP contribution in [0.1, 0.15) is 45.4 Å². The van der Waals surface area contributed by atoms with Gasteiger partial charge in [-0.05, 0) is 43.9 Å². The molecule has 100 valence electrons. The zero-order valence-electron chi connectivity index (χ0n) is 11.3. The molecule has 1 saturated heterocycles. The number of hydrogen-bond donors (Lipinski definition) is 2. The fourth-order valence-electron chi connectivity index (χ4n) is 2.56. The van der Waals surface area contributed by atoms with Crippen LogP contribution in [0.4, 0.5) is 0 Å². The summed E-state index contributed by atoms with van der Waals surface area (Å²) in [6, 6.07) is 3.50. The van der Waals surface area contributed by atoms with Crippen molar-refractivity contribution in [2.45, 2.75) is 45.7 Å². The lowest BCUT2D eigenvalue weighted by Crippen LogP contribution is -2.55. The van der Waals surface area contributed by atoms with Crippen LogP contribution in [0.3, 0.4) is 0 Å². The van der Waals surface area contributed by atoms with Crippen LogP contribution < -0.4 is 10.6 Å². The van der Waals surface area contributed by atoms with Crippen molar-refractivity contribution in [3.63, 3.8) is 0 Å². The molecule has 18 heavy (non-hydrogen) atoms. The molecule has 0 aromatic carbocycles. The van der Waals surface area contributed by atoms with Gasteiger partial charge in [-0.3, -0.25) is 4.79 Å². The third-order valence-electron chi connectivity index (χ3n) is 3.72. The molecule has 2 rings (SSSR count). The molecule has 2 unspecified atom stereocenters. The number of furan rings is 1. The first-order valence-electron chi connectivity index (χ1n) is 6.58. The number of carbonyl (C=O) groups is 1. The van der Waals surface area contributed by atoms with E-state index in [1.54, 1.807) is 6.26 Å². The van der Waals surface area contributed by atoms with E-state index in [-0.39, 0.29) is 23.4 Å². The molecule has 0 saturated carbocycles. The Kier molecular flexibility index (Phi) is 3.76. The molecule has 0 bridgehead atoms. The fourth-order valence-corrected chi connectivity index (χ4v) is 2.56. The van der Waals surface area contributed by atoms with E-state index >= 15 is 0 Å². The van der Waals surface area contributed by atoms with E-state index in [0.29, 0.717) is 0 Å². The highest BCUT2D eigenvalue weighted by Crippen LogP contribution is 2.30. The maximum absolute atomic E-state index is 12.3. The Hall–Kier alpha value is -1.29. The van der Waals surface area contributed by atoms with E-state index in [2.05, 4.69) is 24.5 Å². The summed E-state index contributed by atoms with van der Waals surface area (Å²) in [6.45, 7) is 7.13. The predicted molar refractivity (Wildman–Crippen MR) is 70.1 cm³/mol. The van der Waals surface area contributed by atoms with Gasteiger partial charge in [-0.1, -0.05) is 13.8 Å². The minimum Gasteiger partial charge on any atom is -0.467 e. The first-order chi connectivity index (χ1) is 8.50. The van der Waals surface area contributed by atoms with Gasteiger partial charge >= 0.3 is 0 Å². The van der Waals surface area contributed by atoms with Gasteiger partial charge in [-0.2, -0.15) is 0 Å². The van der Waals surface area contributed by atoms with Gasteiger partial charge in [0, 0.05) is 0 Å². The van der Waals surface area contributed by atoms with Crippen molar-refractivity contribution < 1.29 is 9.21 Å². The van der Waals surface area contributed by atoms with Crippen molar-refractivity contribution in [3.05, 3.63) is 24.2 Å². The topological polar surface area (TPSA) is 54.3 Å². The summed E-state index contributed by atoms with van der Waals surface area (Å²) in [5, 5.41) is 6.33. The van der Waals surface area contributed by atoms with Gasteiger partial charge in [0.2, 0.25) is 5.91 Å². The molecule has 2 N–H and O–H groups in total. The van der Waals surface area contributed by atoms with Crippen LogP contribution in [-0.4, -0.2) is 18.5 Å². The normalized spacial score (nSPS) is 24.5. The van der Waals surface area contributed by atoms with Crippen LogP contribution in [0.25, 0.3) is 0 Å². The van der Waals surface area contributed by atoms with E-state index in [0.717, 1.165) is 25.1 Å². The molecular weight excluding hydrogens is 228 g/mol. The van der Waals surface area contributed by atoms with Crippen molar-refractivity contribution in [2.75, 3.05) is 6.54 Å². The average molecular weight is 250 g/mol. The lowest BCUT2D eigenvalue weighted by Gasteiger charge is -2.38. The standard InChI is InChI=1S/C14H22N2O2/c1-10(11-6-4-9-18-11)16-13(17)12-14(2,3)7-5-8-15-12/h4,6,9-10,12,15H,5,7-8H2,1-3H3,(H,16,17). The summed E-state index contributed by atoms with van der Waals surface area (Å²) in [7, 11) is 0. The summed E-state index contributed by atoms with van der Waals surface area (Å²) in [5.74, 6) is 0.848. The van der Waals surface area contributed by atoms with Crippen molar-refractivity contribution in [3.8, 4) is 0 Å². The highest BCUT2D eigenvalue weighted by Gasteiger charge is 2.37. The number of amides is 1. The second kappa shape index (κ2) is 5.14. The zero-order valence-corrected chi connectivity index (χ0v) is 11.3. The Labute approximate surface area is 108 Å². The minimum absolute atomic E-state index is 0.00518. The summed E-state index contributed by atoms with van der Waals surface area (Å²) in [6.07, 6.45) is 3.83. The molecule has 0 spiro atoms. The highest BCUT2D eigenvalue weighted by molar-refractivity contribution is 5.83. The lowest BCUT2D eigenvalue weighted by atomic mass is 9.77. The summed E-state index contributed by atoms with van der Waals surface area (Å²) in [4.78, 5) is 12.3. The van der Waals surface area contributed by atoms with E-state index in [1.165, 1.54) is 0 Å². The molecule has 0 aliphatic carbocycles. The molecule has 1 amide bonds. The van der Waals surface area contributed by atoms with Gasteiger partial charge in [0.05, 0.1) is 18.3 Å². The van der Waals surface area contributed by atoms with Crippen LogP contribution >= 0.6 is 0 Å². The summed E-state index contributed by atoms with van der Waals surface area (Å²) < 4.78 is 5.30. The summed E-state index contributed by atoms with van der Waals surface area (Å²) >= 11 is 0. The Morgan fingerprint density at radius 3 is 3.00 bits per heavy atom. The summed E-state index contributed by atoms with van der Waals surface area (Å²) in [5.41, 5.74) is 0.00518. The van der Waals surface area contributed by atoms with E-state index in [9.17, 15) is 4.79 Å². The maximum atomic E-state index is 12.3. The quantitative estimate of drug-likeness (QED) is 0.865. The predicted octanol–water partition coefficient (Wildman–Crippen LogP) is 2.24. The number of hydrogen-bond acceptors (Lipinski definition) is 3. The molecule has 4 heteroatoms. The van der Waals surface area contributed by atoms with Gasteiger partial charge in [0.15, 0.2) is 0 Å². The Morgan fingerprint density at radius 2 is 2.39 bits per heavy atom. The molecule has 1 aliphatic heterocycles. The maximum Gasteiger partial charge on any atom is 0.238 e. The molecule has 2 heterocycles. The fraction of sp³-hybridized carbons (Fsp3) is 0.643. The number of piperidine rings is 1. The van der Waals surface area contributed by atoms with Gasteiger partial charge in [0.25, 0.3) is 0 Å². The first kappa shape index (κ1) is 13.1. The Morgan fingerprint density at radius 1 is 1.61 bits per heavy atom. The average Bonchev–Trinajstić information content (AvgIpc) is 2.81. The number of nitrogens with one attached hydrogen (secondary N) is 2. The van der Waals surface area contributed by atoms with Crippen LogP contribution in [0.2, 0.25) is 0 Å². The van der Waals surface area contributed by atoms with Crippen LogP contribution in [0, 0.1) is 5.41 Å². The highest BCUT2D eigenvalue weighted by atomic mass is 16.3. The van der Waals surface area contributed by atoms with Crippen LogP contribution in [0.15, 0.2) is 22.8 Å². The molecular formula is C14H22N2O2. The van der Waals surface area contributed by atoms with Crippen molar-refractivity contribution in [1.29, 1.82) is 0 Å². The van der Waals surface area contributed by atoms with Gasteiger partial charge in [-0.25, -0.2) is 0 Å². The zero-order chi connectivity index (χ0) is 13.2. The van der Waals surface area contributed by atoms with Crippen LogP contribution in [0.5, 0.6) is 0 Å². The molecule has 4 nitrogen and oxygen atoms in total. The monoisotopic (exact) mass is 250 g/mol. The largest absolute Gasteiger partial charge is 0.467 e.